The van der Waals surface area contributed by atoms with Crippen LogP contribution in [0.25, 0.3) is 5.65 Å². The maximum atomic E-state index is 12.3. The number of amides is 1. The van der Waals surface area contributed by atoms with Crippen molar-refractivity contribution < 1.29 is 4.79 Å². The Hall–Kier alpha value is -2.34. The van der Waals surface area contributed by atoms with Crippen molar-refractivity contribution >= 4 is 23.3 Å². The van der Waals surface area contributed by atoms with Crippen LogP contribution < -0.4 is 5.32 Å². The average molecular weight is 326 g/mol. The van der Waals surface area contributed by atoms with Crippen LogP contribution in [-0.4, -0.2) is 25.8 Å². The predicted octanol–water partition coefficient (Wildman–Crippen LogP) is 2.83. The minimum Gasteiger partial charge on any atom is -0.348 e. The highest BCUT2D eigenvalue weighted by atomic mass is 32.2. The zero-order valence-electron chi connectivity index (χ0n) is 13.1. The molecule has 1 aromatic carbocycles. The molecule has 6 heteroatoms. The van der Waals surface area contributed by atoms with E-state index in [1.807, 2.05) is 54.8 Å². The molecule has 0 aliphatic rings. The van der Waals surface area contributed by atoms with Gasteiger partial charge in [-0.05, 0) is 38.1 Å². The summed E-state index contributed by atoms with van der Waals surface area (Å²) in [7, 11) is 0. The van der Waals surface area contributed by atoms with Crippen LogP contribution in [0.15, 0.2) is 53.6 Å². The number of benzene rings is 1. The Morgan fingerprint density at radius 1 is 1.22 bits per heavy atom. The lowest BCUT2D eigenvalue weighted by molar-refractivity contribution is -0.120. The number of nitrogens with zero attached hydrogens (tertiary/aromatic N) is 3. The second-order valence-electron chi connectivity index (χ2n) is 5.34. The van der Waals surface area contributed by atoms with E-state index in [9.17, 15) is 4.79 Å². The number of aromatic nitrogens is 3. The highest BCUT2D eigenvalue weighted by Crippen LogP contribution is 2.23. The van der Waals surface area contributed by atoms with Gasteiger partial charge in [0.2, 0.25) is 5.91 Å². The Kier molecular flexibility index (Phi) is 4.62. The number of nitrogens with one attached hydrogen (secondary N) is 1. The molecule has 0 fully saturated rings. The zero-order chi connectivity index (χ0) is 16.2. The molecule has 5 nitrogen and oxygen atoms in total. The number of rotatable bonds is 5. The first-order chi connectivity index (χ1) is 11.1. The molecular formula is C17H18N4OS. The van der Waals surface area contributed by atoms with Crippen LogP contribution in [-0.2, 0) is 11.3 Å². The first-order valence-corrected chi connectivity index (χ1v) is 8.31. The molecule has 0 spiro atoms. The van der Waals surface area contributed by atoms with Crippen molar-refractivity contribution in [3.8, 4) is 0 Å². The van der Waals surface area contributed by atoms with Crippen LogP contribution in [0.5, 0.6) is 0 Å². The first-order valence-electron chi connectivity index (χ1n) is 7.43. The summed E-state index contributed by atoms with van der Waals surface area (Å²) in [4.78, 5) is 13.3. The van der Waals surface area contributed by atoms with E-state index >= 15 is 0 Å². The van der Waals surface area contributed by atoms with E-state index in [1.54, 1.807) is 11.8 Å². The van der Waals surface area contributed by atoms with E-state index in [2.05, 4.69) is 27.6 Å². The number of fused-ring (bicyclic) bond motifs is 1. The molecule has 1 atom stereocenters. The van der Waals surface area contributed by atoms with Gasteiger partial charge in [0.05, 0.1) is 11.8 Å². The smallest absolute Gasteiger partial charge is 0.233 e. The molecule has 118 valence electrons. The quantitative estimate of drug-likeness (QED) is 0.733. The van der Waals surface area contributed by atoms with Crippen molar-refractivity contribution in [1.82, 2.24) is 19.9 Å². The molecule has 3 rings (SSSR count). The lowest BCUT2D eigenvalue weighted by Crippen LogP contribution is -2.31. The van der Waals surface area contributed by atoms with Crippen LogP contribution in [0, 0.1) is 6.92 Å². The molecule has 1 N–H and O–H groups in total. The third-order valence-electron chi connectivity index (χ3n) is 3.51. The molecule has 0 bridgehead atoms. The molecule has 1 amide bonds. The van der Waals surface area contributed by atoms with E-state index in [1.165, 1.54) is 5.56 Å². The predicted molar refractivity (Wildman–Crippen MR) is 91.3 cm³/mol. The van der Waals surface area contributed by atoms with Crippen molar-refractivity contribution in [2.24, 2.45) is 0 Å². The highest BCUT2D eigenvalue weighted by molar-refractivity contribution is 8.00. The van der Waals surface area contributed by atoms with Gasteiger partial charge in [-0.1, -0.05) is 23.8 Å². The fourth-order valence-corrected chi connectivity index (χ4v) is 3.09. The summed E-state index contributed by atoms with van der Waals surface area (Å²) in [5.74, 6) is 0.713. The Morgan fingerprint density at radius 2 is 2.00 bits per heavy atom. The summed E-state index contributed by atoms with van der Waals surface area (Å²) in [6.07, 6.45) is 1.89. The average Bonchev–Trinajstić information content (AvgIpc) is 2.98. The van der Waals surface area contributed by atoms with Gasteiger partial charge in [-0.15, -0.1) is 22.0 Å². The normalized spacial score (nSPS) is 12.3. The Labute approximate surface area is 139 Å². The molecule has 2 heterocycles. The number of pyridine rings is 1. The minimum absolute atomic E-state index is 0.0109. The summed E-state index contributed by atoms with van der Waals surface area (Å²) in [5, 5.41) is 10.9. The Bertz CT molecular complexity index is 813. The van der Waals surface area contributed by atoms with Gasteiger partial charge >= 0.3 is 0 Å². The van der Waals surface area contributed by atoms with Gasteiger partial charge < -0.3 is 5.32 Å². The van der Waals surface area contributed by atoms with E-state index in [4.69, 9.17) is 0 Å². The molecule has 3 aromatic rings. The SMILES string of the molecule is Cc1ccc(SC(C)C(=O)NCc2nnc3ccccn23)cc1. The standard InChI is InChI=1S/C17H18N4OS/c1-12-6-8-14(9-7-12)23-13(2)17(22)18-11-16-20-19-15-5-3-4-10-21(15)16/h3-10,13H,11H2,1-2H3,(H,18,22). The van der Waals surface area contributed by atoms with Gasteiger partial charge in [0.15, 0.2) is 11.5 Å². The van der Waals surface area contributed by atoms with Crippen LogP contribution in [0.4, 0.5) is 0 Å². The van der Waals surface area contributed by atoms with Crippen molar-refractivity contribution in [2.45, 2.75) is 30.5 Å². The van der Waals surface area contributed by atoms with E-state index in [0.29, 0.717) is 6.54 Å². The summed E-state index contributed by atoms with van der Waals surface area (Å²) in [5.41, 5.74) is 1.99. The van der Waals surface area contributed by atoms with Crippen molar-refractivity contribution in [2.75, 3.05) is 0 Å². The van der Waals surface area contributed by atoms with Gasteiger partial charge in [0.25, 0.3) is 0 Å². The largest absolute Gasteiger partial charge is 0.348 e. The fraction of sp³-hybridized carbons (Fsp3) is 0.235. The molecule has 2 aromatic heterocycles. The summed E-state index contributed by atoms with van der Waals surface area (Å²) in [6.45, 7) is 4.32. The number of thioether (sulfide) groups is 1. The summed E-state index contributed by atoms with van der Waals surface area (Å²) in [6, 6.07) is 13.9. The lowest BCUT2D eigenvalue weighted by Gasteiger charge is -2.11. The zero-order valence-corrected chi connectivity index (χ0v) is 13.9. The fourth-order valence-electron chi connectivity index (χ4n) is 2.20. The summed E-state index contributed by atoms with van der Waals surface area (Å²) >= 11 is 1.55. The van der Waals surface area contributed by atoms with Crippen molar-refractivity contribution in [1.29, 1.82) is 0 Å². The van der Waals surface area contributed by atoms with Gasteiger partial charge in [0.1, 0.15) is 0 Å². The maximum Gasteiger partial charge on any atom is 0.233 e. The van der Waals surface area contributed by atoms with Crippen molar-refractivity contribution in [3.63, 3.8) is 0 Å². The monoisotopic (exact) mass is 326 g/mol. The molecule has 0 saturated heterocycles. The topological polar surface area (TPSA) is 59.3 Å². The summed E-state index contributed by atoms with van der Waals surface area (Å²) < 4.78 is 1.87. The highest BCUT2D eigenvalue weighted by Gasteiger charge is 2.15. The third kappa shape index (κ3) is 3.71. The van der Waals surface area contributed by atoms with E-state index < -0.39 is 0 Å². The molecule has 0 aliphatic carbocycles. The van der Waals surface area contributed by atoms with Gasteiger partial charge in [-0.2, -0.15) is 0 Å². The number of carbonyl (C=O) groups is 1. The van der Waals surface area contributed by atoms with Crippen LogP contribution in [0.3, 0.4) is 0 Å². The van der Waals surface area contributed by atoms with E-state index in [0.717, 1.165) is 16.4 Å². The molecule has 0 saturated carbocycles. The molecule has 1 unspecified atom stereocenters. The van der Waals surface area contributed by atoms with E-state index in [-0.39, 0.29) is 11.2 Å². The van der Waals surface area contributed by atoms with Gasteiger partial charge in [0, 0.05) is 11.1 Å². The van der Waals surface area contributed by atoms with Crippen molar-refractivity contribution in [3.05, 3.63) is 60.0 Å². The van der Waals surface area contributed by atoms with Crippen LogP contribution in [0.2, 0.25) is 0 Å². The maximum absolute atomic E-state index is 12.3. The third-order valence-corrected chi connectivity index (χ3v) is 4.62. The minimum atomic E-state index is -0.170. The number of hydrogen-bond donors (Lipinski definition) is 1. The lowest BCUT2D eigenvalue weighted by atomic mass is 10.2. The first kappa shape index (κ1) is 15.6. The Balaban J connectivity index is 1.59. The second kappa shape index (κ2) is 6.83. The van der Waals surface area contributed by atoms with Crippen LogP contribution in [0.1, 0.15) is 18.3 Å². The molecule has 23 heavy (non-hydrogen) atoms. The van der Waals surface area contributed by atoms with Gasteiger partial charge in [-0.3, -0.25) is 9.20 Å². The number of aryl methyl sites for hydroxylation is 1. The number of hydrogen-bond acceptors (Lipinski definition) is 4. The molecular weight excluding hydrogens is 308 g/mol. The van der Waals surface area contributed by atoms with Crippen LogP contribution >= 0.6 is 11.8 Å². The molecule has 0 aliphatic heterocycles. The Morgan fingerprint density at radius 3 is 2.78 bits per heavy atom. The second-order valence-corrected chi connectivity index (χ2v) is 6.75. The number of carbonyl (C=O) groups excluding carboxylic acids is 1. The molecule has 0 radical (unpaired) electrons. The van der Waals surface area contributed by atoms with Gasteiger partial charge in [-0.25, -0.2) is 0 Å².